The molecule has 0 heterocycles. The summed E-state index contributed by atoms with van der Waals surface area (Å²) < 4.78 is 32.7. The summed E-state index contributed by atoms with van der Waals surface area (Å²) in [4.78, 5) is 0. The molecule has 0 bridgehead atoms. The quantitative estimate of drug-likeness (QED) is 0.914. The molecule has 0 fully saturated rings. The van der Waals surface area contributed by atoms with E-state index in [0.29, 0.717) is 5.75 Å². The largest absolute Gasteiger partial charge is 0.497 e. The monoisotopic (exact) mass is 263 g/mol. The van der Waals surface area contributed by atoms with Gasteiger partial charge in [0, 0.05) is 5.56 Å². The van der Waals surface area contributed by atoms with Crippen molar-refractivity contribution in [2.24, 2.45) is 0 Å². The van der Waals surface area contributed by atoms with Gasteiger partial charge in [0.15, 0.2) is 0 Å². The van der Waals surface area contributed by atoms with Gasteiger partial charge in [-0.1, -0.05) is 18.2 Å². The van der Waals surface area contributed by atoms with E-state index in [1.54, 1.807) is 38.4 Å². The molecule has 0 radical (unpaired) electrons. The second-order valence-electron chi connectivity index (χ2n) is 4.13. The van der Waals surface area contributed by atoms with Crippen LogP contribution in [0.25, 0.3) is 0 Å². The minimum absolute atomic E-state index is 0.0233. The van der Waals surface area contributed by atoms with Crippen molar-refractivity contribution in [1.82, 2.24) is 5.32 Å². The molecule has 2 aromatic carbocycles. The van der Waals surface area contributed by atoms with E-state index in [9.17, 15) is 8.78 Å². The van der Waals surface area contributed by atoms with E-state index in [4.69, 9.17) is 4.74 Å². The third-order valence-electron chi connectivity index (χ3n) is 3.03. The topological polar surface area (TPSA) is 21.3 Å². The lowest BCUT2D eigenvalue weighted by Crippen LogP contribution is -2.20. The van der Waals surface area contributed by atoms with Crippen molar-refractivity contribution >= 4 is 0 Å². The lowest BCUT2D eigenvalue weighted by molar-refractivity contribution is 0.414. The molecule has 2 rings (SSSR count). The van der Waals surface area contributed by atoms with Gasteiger partial charge in [-0.15, -0.1) is 0 Å². The van der Waals surface area contributed by atoms with Crippen LogP contribution in [-0.4, -0.2) is 14.2 Å². The Morgan fingerprint density at radius 3 is 2.05 bits per heavy atom. The molecule has 100 valence electrons. The molecule has 1 atom stereocenters. The van der Waals surface area contributed by atoms with Gasteiger partial charge in [0.2, 0.25) is 0 Å². The molecule has 1 unspecified atom stereocenters. The molecule has 0 aliphatic carbocycles. The Kier molecular flexibility index (Phi) is 4.12. The van der Waals surface area contributed by atoms with E-state index in [1.165, 1.54) is 18.2 Å². The minimum atomic E-state index is -0.560. The van der Waals surface area contributed by atoms with Crippen molar-refractivity contribution < 1.29 is 13.5 Å². The van der Waals surface area contributed by atoms with Crippen molar-refractivity contribution in [3.8, 4) is 5.75 Å². The molecular weight excluding hydrogens is 248 g/mol. The molecule has 0 spiro atoms. The highest BCUT2D eigenvalue weighted by molar-refractivity contribution is 5.36. The van der Waals surface area contributed by atoms with Gasteiger partial charge in [-0.3, -0.25) is 0 Å². The van der Waals surface area contributed by atoms with Crippen LogP contribution in [0, 0.1) is 11.6 Å². The van der Waals surface area contributed by atoms with Crippen LogP contribution < -0.4 is 10.1 Å². The fraction of sp³-hybridized carbons (Fsp3) is 0.200. The molecule has 0 aliphatic heterocycles. The fourth-order valence-corrected chi connectivity index (χ4v) is 2.06. The molecule has 4 heteroatoms. The van der Waals surface area contributed by atoms with E-state index in [1.807, 2.05) is 0 Å². The SMILES string of the molecule is CNC(c1ccc(OC)cc1)c1c(F)cccc1F. The van der Waals surface area contributed by atoms with Gasteiger partial charge in [0.1, 0.15) is 17.4 Å². The van der Waals surface area contributed by atoms with Crippen LogP contribution in [0.5, 0.6) is 5.75 Å². The summed E-state index contributed by atoms with van der Waals surface area (Å²) in [6.45, 7) is 0. The van der Waals surface area contributed by atoms with Gasteiger partial charge < -0.3 is 10.1 Å². The van der Waals surface area contributed by atoms with Crippen LogP contribution in [-0.2, 0) is 0 Å². The van der Waals surface area contributed by atoms with Gasteiger partial charge in [-0.25, -0.2) is 8.78 Å². The third-order valence-corrected chi connectivity index (χ3v) is 3.03. The van der Waals surface area contributed by atoms with Crippen LogP contribution in [0.3, 0.4) is 0 Å². The number of hydrogen-bond acceptors (Lipinski definition) is 2. The minimum Gasteiger partial charge on any atom is -0.497 e. The second kappa shape index (κ2) is 5.80. The summed E-state index contributed by atoms with van der Waals surface area (Å²) in [5, 5.41) is 2.93. The Morgan fingerprint density at radius 1 is 1.00 bits per heavy atom. The standard InChI is InChI=1S/C15H15F2NO/c1-18-15(10-6-8-11(19-2)9-7-10)14-12(16)4-3-5-13(14)17/h3-9,15,18H,1-2H3. The summed E-state index contributed by atoms with van der Waals surface area (Å²) in [6, 6.07) is 10.4. The highest BCUT2D eigenvalue weighted by Gasteiger charge is 2.20. The van der Waals surface area contributed by atoms with Crippen LogP contribution >= 0.6 is 0 Å². The molecule has 0 aliphatic rings. The Hall–Kier alpha value is -1.94. The zero-order chi connectivity index (χ0) is 13.8. The summed E-state index contributed by atoms with van der Waals surface area (Å²) in [7, 11) is 3.24. The highest BCUT2D eigenvalue weighted by Crippen LogP contribution is 2.27. The van der Waals surface area contributed by atoms with E-state index in [0.717, 1.165) is 5.56 Å². The number of hydrogen-bond donors (Lipinski definition) is 1. The van der Waals surface area contributed by atoms with E-state index < -0.39 is 17.7 Å². The highest BCUT2D eigenvalue weighted by atomic mass is 19.1. The zero-order valence-electron chi connectivity index (χ0n) is 10.8. The normalized spacial score (nSPS) is 12.2. The Balaban J connectivity index is 2.44. The van der Waals surface area contributed by atoms with Crippen LogP contribution in [0.1, 0.15) is 17.2 Å². The van der Waals surface area contributed by atoms with Gasteiger partial charge in [0.05, 0.1) is 13.2 Å². The summed E-state index contributed by atoms with van der Waals surface area (Å²) >= 11 is 0. The van der Waals surface area contributed by atoms with Crippen molar-refractivity contribution in [2.45, 2.75) is 6.04 Å². The summed E-state index contributed by atoms with van der Waals surface area (Å²) in [5.74, 6) is -0.419. The lowest BCUT2D eigenvalue weighted by atomic mass is 9.98. The molecule has 2 aromatic rings. The fourth-order valence-electron chi connectivity index (χ4n) is 2.06. The maximum atomic E-state index is 13.8. The maximum Gasteiger partial charge on any atom is 0.131 e. The van der Waals surface area contributed by atoms with Crippen molar-refractivity contribution in [3.05, 3.63) is 65.2 Å². The van der Waals surface area contributed by atoms with Crippen molar-refractivity contribution in [1.29, 1.82) is 0 Å². The summed E-state index contributed by atoms with van der Waals surface area (Å²) in [6.07, 6.45) is 0. The number of ether oxygens (including phenoxy) is 1. The first-order valence-corrected chi connectivity index (χ1v) is 5.92. The maximum absolute atomic E-state index is 13.8. The average molecular weight is 263 g/mol. The average Bonchev–Trinajstić information content (AvgIpc) is 2.43. The molecule has 0 aromatic heterocycles. The smallest absolute Gasteiger partial charge is 0.131 e. The van der Waals surface area contributed by atoms with E-state index in [2.05, 4.69) is 5.32 Å². The summed E-state index contributed by atoms with van der Waals surface area (Å²) in [5.41, 5.74) is 0.794. The zero-order valence-corrected chi connectivity index (χ0v) is 10.8. The first-order valence-electron chi connectivity index (χ1n) is 5.92. The number of nitrogens with one attached hydrogen (secondary N) is 1. The first-order chi connectivity index (χ1) is 9.17. The van der Waals surface area contributed by atoms with Gasteiger partial charge in [0.25, 0.3) is 0 Å². The number of rotatable bonds is 4. The lowest BCUT2D eigenvalue weighted by Gasteiger charge is -2.18. The molecule has 0 saturated carbocycles. The number of benzene rings is 2. The van der Waals surface area contributed by atoms with Gasteiger partial charge in [-0.05, 0) is 36.9 Å². The number of halogens is 2. The molecule has 0 amide bonds. The van der Waals surface area contributed by atoms with E-state index in [-0.39, 0.29) is 5.56 Å². The predicted octanol–water partition coefficient (Wildman–Crippen LogP) is 3.28. The second-order valence-corrected chi connectivity index (χ2v) is 4.13. The molecular formula is C15H15F2NO. The number of methoxy groups -OCH3 is 1. The van der Waals surface area contributed by atoms with Crippen LogP contribution in [0.4, 0.5) is 8.78 Å². The Labute approximate surface area is 111 Å². The molecule has 2 nitrogen and oxygen atoms in total. The Morgan fingerprint density at radius 2 is 1.58 bits per heavy atom. The molecule has 1 N–H and O–H groups in total. The molecule has 19 heavy (non-hydrogen) atoms. The van der Waals surface area contributed by atoms with Gasteiger partial charge in [-0.2, -0.15) is 0 Å². The van der Waals surface area contributed by atoms with Crippen molar-refractivity contribution in [2.75, 3.05) is 14.2 Å². The first kappa shape index (κ1) is 13.5. The van der Waals surface area contributed by atoms with Gasteiger partial charge >= 0.3 is 0 Å². The van der Waals surface area contributed by atoms with Crippen molar-refractivity contribution in [3.63, 3.8) is 0 Å². The Bertz CT molecular complexity index is 534. The predicted molar refractivity (Wildman–Crippen MR) is 70.3 cm³/mol. The molecule has 0 saturated heterocycles. The van der Waals surface area contributed by atoms with Crippen LogP contribution in [0.15, 0.2) is 42.5 Å². The van der Waals surface area contributed by atoms with E-state index >= 15 is 0 Å². The van der Waals surface area contributed by atoms with Crippen LogP contribution in [0.2, 0.25) is 0 Å². The third kappa shape index (κ3) is 2.74.